The lowest BCUT2D eigenvalue weighted by atomic mass is 10.1. The molecular formula is C25H30FN5O4. The number of nitrogens with zero attached hydrogens (tertiary/aromatic N) is 3. The number of ether oxygens (including phenoxy) is 2. The zero-order valence-electron chi connectivity index (χ0n) is 20.1. The van der Waals surface area contributed by atoms with Gasteiger partial charge in [0.05, 0.1) is 22.8 Å². The molecule has 2 N–H and O–H groups in total. The number of amides is 1. The molecule has 1 saturated heterocycles. The number of alkyl carbamates (subject to hydrolysis) is 1. The normalized spacial score (nSPS) is 16.2. The van der Waals surface area contributed by atoms with Gasteiger partial charge in [-0.05, 0) is 70.4 Å². The second kappa shape index (κ2) is 10.4. The highest BCUT2D eigenvalue weighted by Crippen LogP contribution is 2.28. The number of anilines is 1. The number of benzene rings is 1. The van der Waals surface area contributed by atoms with E-state index in [0.717, 1.165) is 19.3 Å². The fourth-order valence-electron chi connectivity index (χ4n) is 3.85. The number of aromatic nitrogens is 3. The van der Waals surface area contributed by atoms with Crippen LogP contribution in [0.15, 0.2) is 36.5 Å². The monoisotopic (exact) mass is 483 g/mol. The van der Waals surface area contributed by atoms with E-state index in [4.69, 9.17) is 9.47 Å². The Morgan fingerprint density at radius 1 is 1.20 bits per heavy atom. The molecule has 1 amide bonds. The van der Waals surface area contributed by atoms with Crippen LogP contribution in [0.5, 0.6) is 0 Å². The van der Waals surface area contributed by atoms with E-state index in [2.05, 4.69) is 20.7 Å². The van der Waals surface area contributed by atoms with E-state index in [1.807, 2.05) is 0 Å². The molecule has 1 aliphatic heterocycles. The third kappa shape index (κ3) is 6.13. The van der Waals surface area contributed by atoms with Crippen molar-refractivity contribution in [1.29, 1.82) is 0 Å². The smallest absolute Gasteiger partial charge is 0.407 e. The van der Waals surface area contributed by atoms with Crippen LogP contribution in [-0.2, 0) is 9.47 Å². The molecule has 1 aliphatic rings. The van der Waals surface area contributed by atoms with Crippen molar-refractivity contribution in [1.82, 2.24) is 20.1 Å². The number of carbonyl (C=O) groups is 2. The average Bonchev–Trinajstić information content (AvgIpc) is 3.17. The summed E-state index contributed by atoms with van der Waals surface area (Å²) in [5, 5.41) is 10.1. The van der Waals surface area contributed by atoms with E-state index in [1.165, 1.54) is 12.3 Å². The van der Waals surface area contributed by atoms with Crippen LogP contribution in [-0.4, -0.2) is 51.9 Å². The van der Waals surface area contributed by atoms with Gasteiger partial charge in [-0.25, -0.2) is 9.48 Å². The standard InChI is InChI=1S/C25H30FN5O4/c1-25(2,3)35-24(33)28-12-11-27-17-8-9-19(29-15-17)22(32)16-7-10-20-18(14-16)23(26)30-31(20)21-6-4-5-13-34-21/h7-10,14-15,21,27H,4-6,11-13H2,1-3H3,(H,28,33). The Morgan fingerprint density at radius 3 is 2.71 bits per heavy atom. The zero-order valence-corrected chi connectivity index (χ0v) is 20.1. The number of halogens is 1. The fraction of sp³-hybridized carbons (Fsp3) is 0.440. The van der Waals surface area contributed by atoms with Gasteiger partial charge in [0.1, 0.15) is 11.3 Å². The van der Waals surface area contributed by atoms with Crippen LogP contribution < -0.4 is 10.6 Å². The number of carbonyl (C=O) groups excluding carboxylic acids is 2. The Hall–Kier alpha value is -3.53. The van der Waals surface area contributed by atoms with Gasteiger partial charge in [-0.15, -0.1) is 5.10 Å². The van der Waals surface area contributed by atoms with Gasteiger partial charge in [0.15, 0.2) is 6.23 Å². The molecule has 0 saturated carbocycles. The predicted molar refractivity (Wildman–Crippen MR) is 129 cm³/mol. The maximum absolute atomic E-state index is 14.6. The molecule has 10 heteroatoms. The van der Waals surface area contributed by atoms with Gasteiger partial charge in [-0.3, -0.25) is 9.78 Å². The van der Waals surface area contributed by atoms with E-state index >= 15 is 0 Å². The Bertz CT molecular complexity index is 1200. The SMILES string of the molecule is CC(C)(C)OC(=O)NCCNc1ccc(C(=O)c2ccc3c(c2)c(F)nn3C2CCCCO2)nc1. The molecule has 1 unspecified atom stereocenters. The first kappa shape index (κ1) is 24.6. The lowest BCUT2D eigenvalue weighted by Gasteiger charge is -2.23. The van der Waals surface area contributed by atoms with Crippen molar-refractivity contribution in [2.75, 3.05) is 25.0 Å². The van der Waals surface area contributed by atoms with E-state index in [0.29, 0.717) is 36.5 Å². The summed E-state index contributed by atoms with van der Waals surface area (Å²) in [6.07, 6.45) is 3.53. The van der Waals surface area contributed by atoms with Crippen LogP contribution >= 0.6 is 0 Å². The van der Waals surface area contributed by atoms with E-state index < -0.39 is 17.6 Å². The summed E-state index contributed by atoms with van der Waals surface area (Å²) in [7, 11) is 0. The van der Waals surface area contributed by atoms with Crippen LogP contribution in [0.2, 0.25) is 0 Å². The number of hydrogen-bond donors (Lipinski definition) is 2. The third-order valence-electron chi connectivity index (χ3n) is 5.47. The predicted octanol–water partition coefficient (Wildman–Crippen LogP) is 4.44. The number of pyridine rings is 1. The number of fused-ring (bicyclic) bond motifs is 1. The zero-order chi connectivity index (χ0) is 25.0. The van der Waals surface area contributed by atoms with Gasteiger partial charge in [-0.1, -0.05) is 0 Å². The molecule has 1 atom stereocenters. The number of hydrogen-bond acceptors (Lipinski definition) is 7. The molecule has 9 nitrogen and oxygen atoms in total. The van der Waals surface area contributed by atoms with Crippen molar-refractivity contribution in [3.63, 3.8) is 0 Å². The van der Waals surface area contributed by atoms with E-state index in [1.54, 1.807) is 49.7 Å². The molecule has 4 rings (SSSR count). The highest BCUT2D eigenvalue weighted by atomic mass is 19.1. The average molecular weight is 484 g/mol. The fourth-order valence-corrected chi connectivity index (χ4v) is 3.85. The summed E-state index contributed by atoms with van der Waals surface area (Å²) >= 11 is 0. The van der Waals surface area contributed by atoms with Gasteiger partial charge < -0.3 is 20.1 Å². The van der Waals surface area contributed by atoms with Crippen LogP contribution in [0.1, 0.15) is 62.3 Å². The third-order valence-corrected chi connectivity index (χ3v) is 5.47. The van der Waals surface area contributed by atoms with Crippen LogP contribution in [0.25, 0.3) is 10.9 Å². The molecule has 1 aromatic carbocycles. The summed E-state index contributed by atoms with van der Waals surface area (Å²) in [5.41, 5.74) is 1.31. The highest BCUT2D eigenvalue weighted by Gasteiger charge is 2.22. The van der Waals surface area contributed by atoms with Crippen molar-refractivity contribution in [3.05, 3.63) is 53.7 Å². The van der Waals surface area contributed by atoms with Gasteiger partial charge in [0.25, 0.3) is 0 Å². The van der Waals surface area contributed by atoms with Crippen molar-refractivity contribution < 1.29 is 23.5 Å². The summed E-state index contributed by atoms with van der Waals surface area (Å²) in [5.74, 6) is -0.942. The first-order chi connectivity index (χ1) is 16.7. The minimum Gasteiger partial charge on any atom is -0.444 e. The Labute approximate surface area is 203 Å². The molecule has 0 spiro atoms. The van der Waals surface area contributed by atoms with Crippen molar-refractivity contribution in [2.24, 2.45) is 0 Å². The molecule has 3 aromatic rings. The molecule has 186 valence electrons. The number of ketones is 1. The van der Waals surface area contributed by atoms with Crippen molar-refractivity contribution >= 4 is 28.5 Å². The minimum atomic E-state index is -0.628. The number of rotatable bonds is 7. The molecule has 1 fully saturated rings. The van der Waals surface area contributed by atoms with Crippen LogP contribution in [0.4, 0.5) is 14.9 Å². The lowest BCUT2D eigenvalue weighted by molar-refractivity contribution is -0.0375. The minimum absolute atomic E-state index is 0.241. The van der Waals surface area contributed by atoms with E-state index in [9.17, 15) is 14.0 Å². The van der Waals surface area contributed by atoms with Gasteiger partial charge >= 0.3 is 6.09 Å². The Morgan fingerprint density at radius 2 is 2.03 bits per heavy atom. The second-order valence-corrected chi connectivity index (χ2v) is 9.41. The topological polar surface area (TPSA) is 107 Å². The summed E-state index contributed by atoms with van der Waals surface area (Å²) in [6, 6.07) is 8.19. The van der Waals surface area contributed by atoms with Crippen LogP contribution in [0, 0.1) is 5.95 Å². The summed E-state index contributed by atoms with van der Waals surface area (Å²) in [6.45, 7) is 6.84. The van der Waals surface area contributed by atoms with Gasteiger partial charge in [-0.2, -0.15) is 4.39 Å². The molecule has 2 aromatic heterocycles. The quantitative estimate of drug-likeness (QED) is 0.378. The lowest BCUT2D eigenvalue weighted by Crippen LogP contribution is -2.35. The van der Waals surface area contributed by atoms with E-state index in [-0.39, 0.29) is 23.1 Å². The Kier molecular flexibility index (Phi) is 7.30. The molecule has 0 aliphatic carbocycles. The molecule has 35 heavy (non-hydrogen) atoms. The second-order valence-electron chi connectivity index (χ2n) is 9.41. The van der Waals surface area contributed by atoms with Crippen molar-refractivity contribution in [3.8, 4) is 0 Å². The van der Waals surface area contributed by atoms with Crippen LogP contribution in [0.3, 0.4) is 0 Å². The molecule has 0 radical (unpaired) electrons. The summed E-state index contributed by atoms with van der Waals surface area (Å²) in [4.78, 5) is 28.9. The maximum Gasteiger partial charge on any atom is 0.407 e. The van der Waals surface area contributed by atoms with Crippen molar-refractivity contribution in [2.45, 2.75) is 51.9 Å². The van der Waals surface area contributed by atoms with Gasteiger partial charge in [0.2, 0.25) is 11.7 Å². The number of nitrogens with one attached hydrogen (secondary N) is 2. The largest absolute Gasteiger partial charge is 0.444 e. The highest BCUT2D eigenvalue weighted by molar-refractivity contribution is 6.09. The summed E-state index contributed by atoms with van der Waals surface area (Å²) < 4.78 is 27.1. The molecular weight excluding hydrogens is 453 g/mol. The first-order valence-corrected chi connectivity index (χ1v) is 11.7. The Balaban J connectivity index is 1.37. The molecule has 3 heterocycles. The maximum atomic E-state index is 14.6. The van der Waals surface area contributed by atoms with Gasteiger partial charge in [0, 0.05) is 25.3 Å². The first-order valence-electron chi connectivity index (χ1n) is 11.7. The molecule has 0 bridgehead atoms.